The maximum absolute atomic E-state index is 11.6. The number of thiocarbonyl (C=S) groups is 1. The average Bonchev–Trinajstić information content (AvgIpc) is 3.46. The number of ether oxygens (including phenoxy) is 3. The van der Waals surface area contributed by atoms with Gasteiger partial charge < -0.3 is 29.0 Å². The number of rotatable bonds is 8. The van der Waals surface area contributed by atoms with E-state index < -0.39 is 4.92 Å². The van der Waals surface area contributed by atoms with E-state index in [1.165, 1.54) is 12.1 Å². The Bertz CT molecular complexity index is 1590. The van der Waals surface area contributed by atoms with E-state index in [2.05, 4.69) is 16.4 Å². The molecule has 0 bridgehead atoms. The number of pyridine rings is 1. The number of nitro groups is 1. The van der Waals surface area contributed by atoms with Gasteiger partial charge in [-0.2, -0.15) is 0 Å². The van der Waals surface area contributed by atoms with Gasteiger partial charge in [0.25, 0.3) is 5.69 Å². The number of nitrogens with zero attached hydrogens (tertiary/aromatic N) is 4. The van der Waals surface area contributed by atoms with E-state index in [-0.39, 0.29) is 17.8 Å². The molecule has 1 aliphatic rings. The predicted molar refractivity (Wildman–Crippen MR) is 156 cm³/mol. The molecule has 1 saturated heterocycles. The van der Waals surface area contributed by atoms with E-state index in [1.807, 2.05) is 59.7 Å². The highest BCUT2D eigenvalue weighted by Crippen LogP contribution is 2.47. The molecule has 2 aromatic carbocycles. The fraction of sp³-hybridized carbons (Fsp3) is 0.241. The Hall–Kier alpha value is -4.64. The van der Waals surface area contributed by atoms with Crippen LogP contribution >= 0.6 is 12.2 Å². The fourth-order valence-electron chi connectivity index (χ4n) is 5.34. The minimum absolute atomic E-state index is 0.0253. The van der Waals surface area contributed by atoms with Crippen LogP contribution in [0.3, 0.4) is 0 Å². The number of aryl methyl sites for hydroxylation is 1. The number of non-ortho nitro benzene ring substituents is 1. The highest BCUT2D eigenvalue weighted by atomic mass is 32.1. The number of methoxy groups -OCH3 is 3. The second kappa shape index (κ2) is 10.9. The molecular formula is C29H29N5O5S. The normalized spacial score (nSPS) is 16.5. The molecule has 11 heteroatoms. The molecule has 10 nitrogen and oxygen atoms in total. The van der Waals surface area contributed by atoms with Gasteiger partial charge in [0, 0.05) is 35.8 Å². The van der Waals surface area contributed by atoms with Gasteiger partial charge in [0.05, 0.1) is 55.4 Å². The van der Waals surface area contributed by atoms with Crippen LogP contribution in [-0.2, 0) is 0 Å². The van der Waals surface area contributed by atoms with Crippen LogP contribution in [0.1, 0.15) is 34.7 Å². The third-order valence-electron chi connectivity index (χ3n) is 7.15. The number of nitrogens with one attached hydrogen (secondary N) is 1. The lowest BCUT2D eigenvalue weighted by molar-refractivity contribution is -0.384. The van der Waals surface area contributed by atoms with Crippen LogP contribution in [0.2, 0.25) is 0 Å². The summed E-state index contributed by atoms with van der Waals surface area (Å²) < 4.78 is 18.8. The molecule has 1 aliphatic heterocycles. The fourth-order valence-corrected chi connectivity index (χ4v) is 5.68. The number of hydrogen-bond donors (Lipinski definition) is 1. The van der Waals surface area contributed by atoms with E-state index in [9.17, 15) is 10.1 Å². The van der Waals surface area contributed by atoms with E-state index >= 15 is 0 Å². The van der Waals surface area contributed by atoms with Gasteiger partial charge in [0.1, 0.15) is 17.2 Å². The van der Waals surface area contributed by atoms with Crippen molar-refractivity contribution in [2.45, 2.75) is 25.9 Å². The van der Waals surface area contributed by atoms with Crippen molar-refractivity contribution in [1.82, 2.24) is 14.9 Å². The van der Waals surface area contributed by atoms with Crippen LogP contribution in [-0.4, -0.2) is 40.9 Å². The minimum atomic E-state index is -0.411. The quantitative estimate of drug-likeness (QED) is 0.168. The molecule has 0 unspecified atom stereocenters. The van der Waals surface area contributed by atoms with Crippen molar-refractivity contribution in [1.29, 1.82) is 0 Å². The third kappa shape index (κ3) is 4.58. The molecule has 206 valence electrons. The summed E-state index contributed by atoms with van der Waals surface area (Å²) in [6.45, 7) is 3.94. The summed E-state index contributed by atoms with van der Waals surface area (Å²) in [4.78, 5) is 17.9. The van der Waals surface area contributed by atoms with Crippen LogP contribution in [0.5, 0.6) is 17.2 Å². The van der Waals surface area contributed by atoms with E-state index in [4.69, 9.17) is 26.4 Å². The van der Waals surface area contributed by atoms with Gasteiger partial charge in [0.15, 0.2) is 5.11 Å². The van der Waals surface area contributed by atoms with Crippen molar-refractivity contribution >= 4 is 28.7 Å². The van der Waals surface area contributed by atoms with Gasteiger partial charge in [-0.3, -0.25) is 15.1 Å². The molecule has 0 saturated carbocycles. The minimum Gasteiger partial charge on any atom is -0.497 e. The Kier molecular flexibility index (Phi) is 7.31. The Morgan fingerprint density at radius 3 is 2.33 bits per heavy atom. The topological polar surface area (TPSA) is 104 Å². The molecular weight excluding hydrogens is 530 g/mol. The van der Waals surface area contributed by atoms with Crippen LogP contribution in [0.15, 0.2) is 66.9 Å². The summed E-state index contributed by atoms with van der Waals surface area (Å²) in [7, 11) is 4.77. The van der Waals surface area contributed by atoms with Gasteiger partial charge in [-0.05, 0) is 68.0 Å². The molecule has 4 aromatic rings. The molecule has 3 heterocycles. The monoisotopic (exact) mass is 559 g/mol. The summed E-state index contributed by atoms with van der Waals surface area (Å²) in [5.74, 6) is 1.81. The molecule has 0 amide bonds. The lowest BCUT2D eigenvalue weighted by atomic mass is 9.96. The van der Waals surface area contributed by atoms with Crippen molar-refractivity contribution in [2.75, 3.05) is 26.2 Å². The first-order valence-corrected chi connectivity index (χ1v) is 12.9. The Balaban J connectivity index is 1.74. The van der Waals surface area contributed by atoms with Crippen LogP contribution < -0.4 is 24.4 Å². The maximum Gasteiger partial charge on any atom is 0.271 e. The second-order valence-electron chi connectivity index (χ2n) is 9.31. The first-order chi connectivity index (χ1) is 19.3. The highest BCUT2D eigenvalue weighted by molar-refractivity contribution is 7.80. The zero-order chi connectivity index (χ0) is 28.6. The standard InChI is InChI=1S/C29H29N5O5S/c1-17-14-21(18(2)32(17)23-15-19(34(35)36)9-11-25(23)38-4)28-27(22-8-6-7-13-30-22)31-29(40)33(28)24-16-20(37-3)10-12-26(24)39-5/h6-16,27-28H,1-5H3,(H,31,40)/t27-,28+/m1/s1. The molecule has 0 radical (unpaired) electrons. The number of anilines is 1. The van der Waals surface area contributed by atoms with Crippen LogP contribution in [0.25, 0.3) is 5.69 Å². The molecule has 2 atom stereocenters. The summed E-state index contributed by atoms with van der Waals surface area (Å²) in [5.41, 5.74) is 4.81. The van der Waals surface area contributed by atoms with Gasteiger partial charge in [-0.25, -0.2) is 0 Å². The summed E-state index contributed by atoms with van der Waals surface area (Å²) >= 11 is 5.91. The lowest BCUT2D eigenvalue weighted by Crippen LogP contribution is -2.30. The molecule has 2 aromatic heterocycles. The van der Waals surface area contributed by atoms with E-state index in [0.29, 0.717) is 28.0 Å². The van der Waals surface area contributed by atoms with E-state index in [0.717, 1.165) is 28.3 Å². The van der Waals surface area contributed by atoms with Crippen molar-refractivity contribution in [3.63, 3.8) is 0 Å². The smallest absolute Gasteiger partial charge is 0.271 e. The first kappa shape index (κ1) is 26.9. The molecule has 0 aliphatic carbocycles. The zero-order valence-corrected chi connectivity index (χ0v) is 23.6. The number of nitro benzene ring substituents is 1. The number of hydrogen-bond acceptors (Lipinski definition) is 7. The Labute approximate surface area is 237 Å². The molecule has 1 N–H and O–H groups in total. The second-order valence-corrected chi connectivity index (χ2v) is 9.70. The summed E-state index contributed by atoms with van der Waals surface area (Å²) in [5, 5.41) is 15.6. The highest BCUT2D eigenvalue weighted by Gasteiger charge is 2.43. The maximum atomic E-state index is 11.6. The van der Waals surface area contributed by atoms with Crippen LogP contribution in [0.4, 0.5) is 11.4 Å². The van der Waals surface area contributed by atoms with Crippen molar-refractivity contribution in [3.05, 3.63) is 99.6 Å². The van der Waals surface area contributed by atoms with Gasteiger partial charge >= 0.3 is 0 Å². The third-order valence-corrected chi connectivity index (χ3v) is 7.46. The van der Waals surface area contributed by atoms with Gasteiger partial charge in [-0.1, -0.05) is 6.07 Å². The van der Waals surface area contributed by atoms with Crippen molar-refractivity contribution < 1.29 is 19.1 Å². The average molecular weight is 560 g/mol. The first-order valence-electron chi connectivity index (χ1n) is 12.5. The van der Waals surface area contributed by atoms with Crippen molar-refractivity contribution in [2.24, 2.45) is 0 Å². The Morgan fingerprint density at radius 1 is 0.950 bits per heavy atom. The van der Waals surface area contributed by atoms with Gasteiger partial charge in [0.2, 0.25) is 0 Å². The summed E-state index contributed by atoms with van der Waals surface area (Å²) in [6, 6.07) is 17.4. The lowest BCUT2D eigenvalue weighted by Gasteiger charge is -2.29. The molecule has 5 rings (SSSR count). The summed E-state index contributed by atoms with van der Waals surface area (Å²) in [6.07, 6.45) is 1.75. The largest absolute Gasteiger partial charge is 0.497 e. The Morgan fingerprint density at radius 2 is 1.68 bits per heavy atom. The SMILES string of the molecule is COc1ccc(OC)c(N2C(=S)N[C@H](c3ccccn3)[C@@H]2c2cc(C)n(-c3cc([N+](=O)[O-])ccc3OC)c2C)c1. The van der Waals surface area contributed by atoms with Crippen LogP contribution in [0, 0.1) is 24.0 Å². The van der Waals surface area contributed by atoms with Crippen molar-refractivity contribution in [3.8, 4) is 22.9 Å². The van der Waals surface area contributed by atoms with E-state index in [1.54, 1.807) is 33.6 Å². The number of aromatic nitrogens is 2. The predicted octanol–water partition coefficient (Wildman–Crippen LogP) is 5.60. The number of benzene rings is 2. The molecule has 0 spiro atoms. The van der Waals surface area contributed by atoms with Gasteiger partial charge in [-0.15, -0.1) is 0 Å². The molecule has 1 fully saturated rings. The zero-order valence-electron chi connectivity index (χ0n) is 22.7. The molecule has 40 heavy (non-hydrogen) atoms.